The molecule has 0 bridgehead atoms. The van der Waals surface area contributed by atoms with Crippen LogP contribution in [0.1, 0.15) is 19.8 Å². The van der Waals surface area contributed by atoms with Gasteiger partial charge in [-0.1, -0.05) is 13.3 Å². The van der Waals surface area contributed by atoms with Gasteiger partial charge in [-0.25, -0.2) is 9.78 Å². The standard InChI is InChI=1S/C12H20N4O3/c1-2-10(7-11(17)18)8-15-12(19)14-4-6-16-5-3-13-9-16/h3,5,9-10H,2,4,6-8H2,1H3,(H,17,18)(H2,14,15,19). The van der Waals surface area contributed by atoms with E-state index in [2.05, 4.69) is 15.6 Å². The summed E-state index contributed by atoms with van der Waals surface area (Å²) in [5.74, 6) is -0.869. The van der Waals surface area contributed by atoms with E-state index in [4.69, 9.17) is 5.11 Å². The maximum Gasteiger partial charge on any atom is 0.314 e. The van der Waals surface area contributed by atoms with Crippen LogP contribution in [-0.4, -0.2) is 39.7 Å². The van der Waals surface area contributed by atoms with E-state index in [0.29, 0.717) is 19.6 Å². The number of hydrogen-bond acceptors (Lipinski definition) is 3. The van der Waals surface area contributed by atoms with Gasteiger partial charge in [0.05, 0.1) is 6.33 Å². The summed E-state index contributed by atoms with van der Waals surface area (Å²) in [5.41, 5.74) is 0. The van der Waals surface area contributed by atoms with Crippen LogP contribution in [-0.2, 0) is 11.3 Å². The highest BCUT2D eigenvalue weighted by Gasteiger charge is 2.12. The summed E-state index contributed by atoms with van der Waals surface area (Å²) in [6, 6.07) is -0.274. The van der Waals surface area contributed by atoms with E-state index in [9.17, 15) is 9.59 Å². The van der Waals surface area contributed by atoms with Crippen LogP contribution in [0.25, 0.3) is 0 Å². The lowest BCUT2D eigenvalue weighted by atomic mass is 10.0. The van der Waals surface area contributed by atoms with Gasteiger partial charge >= 0.3 is 12.0 Å². The zero-order chi connectivity index (χ0) is 14.1. The Kier molecular flexibility index (Phi) is 6.42. The lowest BCUT2D eigenvalue weighted by molar-refractivity contribution is -0.138. The van der Waals surface area contributed by atoms with Gasteiger partial charge in [-0.05, 0) is 5.92 Å². The lowest BCUT2D eigenvalue weighted by Crippen LogP contribution is -2.39. The third-order valence-corrected chi connectivity index (χ3v) is 2.81. The number of urea groups is 1. The molecule has 1 aromatic heterocycles. The molecule has 106 valence electrons. The first-order valence-electron chi connectivity index (χ1n) is 6.31. The molecule has 0 aliphatic carbocycles. The number of carbonyl (C=O) groups is 2. The monoisotopic (exact) mass is 268 g/mol. The summed E-state index contributed by atoms with van der Waals surface area (Å²) in [4.78, 5) is 26.0. The van der Waals surface area contributed by atoms with Crippen molar-refractivity contribution in [2.24, 2.45) is 5.92 Å². The SMILES string of the molecule is CCC(CNC(=O)NCCn1ccnc1)CC(=O)O. The maximum atomic E-state index is 11.5. The second-order valence-electron chi connectivity index (χ2n) is 4.31. The molecule has 19 heavy (non-hydrogen) atoms. The molecule has 1 atom stereocenters. The Morgan fingerprint density at radius 2 is 2.21 bits per heavy atom. The van der Waals surface area contributed by atoms with Crippen molar-refractivity contribution < 1.29 is 14.7 Å². The summed E-state index contributed by atoms with van der Waals surface area (Å²) in [5, 5.41) is 14.1. The number of nitrogens with one attached hydrogen (secondary N) is 2. The number of amides is 2. The van der Waals surface area contributed by atoms with Crippen molar-refractivity contribution in [1.82, 2.24) is 20.2 Å². The largest absolute Gasteiger partial charge is 0.481 e. The molecule has 0 aromatic carbocycles. The van der Waals surface area contributed by atoms with Crippen LogP contribution in [0.3, 0.4) is 0 Å². The molecule has 7 heteroatoms. The Morgan fingerprint density at radius 1 is 1.42 bits per heavy atom. The van der Waals surface area contributed by atoms with Crippen LogP contribution in [0, 0.1) is 5.92 Å². The minimum Gasteiger partial charge on any atom is -0.481 e. The topological polar surface area (TPSA) is 96.3 Å². The Morgan fingerprint density at radius 3 is 2.79 bits per heavy atom. The van der Waals surface area contributed by atoms with Gasteiger partial charge in [0.15, 0.2) is 0 Å². The number of imidazole rings is 1. The first-order chi connectivity index (χ1) is 9.11. The average Bonchev–Trinajstić information content (AvgIpc) is 2.87. The molecule has 0 radical (unpaired) electrons. The van der Waals surface area contributed by atoms with Crippen LogP contribution in [0.15, 0.2) is 18.7 Å². The van der Waals surface area contributed by atoms with Crippen molar-refractivity contribution in [3.05, 3.63) is 18.7 Å². The van der Waals surface area contributed by atoms with E-state index in [1.165, 1.54) is 0 Å². The van der Waals surface area contributed by atoms with Gasteiger partial charge < -0.3 is 20.3 Å². The molecule has 0 aliphatic rings. The summed E-state index contributed by atoms with van der Waals surface area (Å²) < 4.78 is 1.86. The number of aliphatic carboxylic acids is 1. The third kappa shape index (κ3) is 6.44. The van der Waals surface area contributed by atoms with Gasteiger partial charge in [-0.15, -0.1) is 0 Å². The first kappa shape index (κ1) is 15.0. The van der Waals surface area contributed by atoms with Crippen LogP contribution in [0.5, 0.6) is 0 Å². The molecule has 1 heterocycles. The predicted octanol–water partition coefficient (Wildman–Crippen LogP) is 0.683. The molecule has 0 saturated carbocycles. The van der Waals surface area contributed by atoms with Gasteiger partial charge in [0.2, 0.25) is 0 Å². The number of hydrogen-bond donors (Lipinski definition) is 3. The van der Waals surface area contributed by atoms with Crippen molar-refractivity contribution in [1.29, 1.82) is 0 Å². The van der Waals surface area contributed by atoms with Gasteiger partial charge in [-0.2, -0.15) is 0 Å². The molecule has 0 saturated heterocycles. The average molecular weight is 268 g/mol. The molecule has 1 unspecified atom stereocenters. The van der Waals surface area contributed by atoms with Crippen molar-refractivity contribution in [2.45, 2.75) is 26.3 Å². The van der Waals surface area contributed by atoms with E-state index < -0.39 is 5.97 Å². The molecule has 3 N–H and O–H groups in total. The normalized spacial score (nSPS) is 11.8. The van der Waals surface area contributed by atoms with Crippen LogP contribution in [0.2, 0.25) is 0 Å². The van der Waals surface area contributed by atoms with Gasteiger partial charge in [0.25, 0.3) is 0 Å². The predicted molar refractivity (Wildman–Crippen MR) is 69.7 cm³/mol. The molecule has 0 spiro atoms. The zero-order valence-corrected chi connectivity index (χ0v) is 11.0. The van der Waals surface area contributed by atoms with Crippen LogP contribution >= 0.6 is 0 Å². The second-order valence-corrected chi connectivity index (χ2v) is 4.31. The van der Waals surface area contributed by atoms with E-state index in [1.54, 1.807) is 12.5 Å². The Hall–Kier alpha value is -2.05. The Bertz CT molecular complexity index is 392. The molecule has 1 rings (SSSR count). The number of carboxylic acids is 1. The van der Waals surface area contributed by atoms with Crippen LogP contribution < -0.4 is 10.6 Å². The summed E-state index contributed by atoms with van der Waals surface area (Å²) in [6.07, 6.45) is 5.98. The highest BCUT2D eigenvalue weighted by Crippen LogP contribution is 2.06. The summed E-state index contributed by atoms with van der Waals surface area (Å²) in [7, 11) is 0. The lowest BCUT2D eigenvalue weighted by Gasteiger charge is -2.14. The van der Waals surface area contributed by atoms with E-state index in [0.717, 1.165) is 6.42 Å². The van der Waals surface area contributed by atoms with Gasteiger partial charge in [-0.3, -0.25) is 4.79 Å². The summed E-state index contributed by atoms with van der Waals surface area (Å²) >= 11 is 0. The quantitative estimate of drug-likeness (QED) is 0.646. The minimum atomic E-state index is -0.839. The van der Waals surface area contributed by atoms with Crippen LogP contribution in [0.4, 0.5) is 4.79 Å². The van der Waals surface area contributed by atoms with Crippen molar-refractivity contribution in [2.75, 3.05) is 13.1 Å². The van der Waals surface area contributed by atoms with E-state index in [1.807, 2.05) is 17.7 Å². The minimum absolute atomic E-state index is 0.0306. The fourth-order valence-corrected chi connectivity index (χ4v) is 1.62. The van der Waals surface area contributed by atoms with E-state index in [-0.39, 0.29) is 18.4 Å². The van der Waals surface area contributed by atoms with Gasteiger partial charge in [0, 0.05) is 38.4 Å². The number of carbonyl (C=O) groups excluding carboxylic acids is 1. The number of nitrogens with zero attached hydrogens (tertiary/aromatic N) is 2. The molecule has 7 nitrogen and oxygen atoms in total. The van der Waals surface area contributed by atoms with Gasteiger partial charge in [0.1, 0.15) is 0 Å². The molecule has 1 aromatic rings. The fraction of sp³-hybridized carbons (Fsp3) is 0.583. The fourth-order valence-electron chi connectivity index (χ4n) is 1.62. The third-order valence-electron chi connectivity index (χ3n) is 2.81. The molecule has 0 fully saturated rings. The van der Waals surface area contributed by atoms with Crippen molar-refractivity contribution >= 4 is 12.0 Å². The number of aromatic nitrogens is 2. The zero-order valence-electron chi connectivity index (χ0n) is 11.0. The molecule has 2 amide bonds. The Balaban J connectivity index is 2.14. The maximum absolute atomic E-state index is 11.5. The van der Waals surface area contributed by atoms with Crippen molar-refractivity contribution in [3.8, 4) is 0 Å². The molecule has 0 aliphatic heterocycles. The molecular weight excluding hydrogens is 248 g/mol. The van der Waals surface area contributed by atoms with Crippen molar-refractivity contribution in [3.63, 3.8) is 0 Å². The number of carboxylic acid groups (broad SMARTS) is 1. The summed E-state index contributed by atoms with van der Waals surface area (Å²) in [6.45, 7) is 3.43. The highest BCUT2D eigenvalue weighted by atomic mass is 16.4. The molecular formula is C12H20N4O3. The first-order valence-corrected chi connectivity index (χ1v) is 6.31. The number of rotatable bonds is 8. The Labute approximate surface area is 112 Å². The van der Waals surface area contributed by atoms with E-state index >= 15 is 0 Å². The second kappa shape index (κ2) is 8.12. The highest BCUT2D eigenvalue weighted by molar-refractivity contribution is 5.74. The smallest absolute Gasteiger partial charge is 0.314 e.